The maximum absolute atomic E-state index is 5.98. The third-order valence-corrected chi connectivity index (χ3v) is 3.26. The van der Waals surface area contributed by atoms with Gasteiger partial charge in [0.1, 0.15) is 0 Å². The molecule has 0 amide bonds. The molecule has 0 saturated heterocycles. The van der Waals surface area contributed by atoms with Gasteiger partial charge >= 0.3 is 0 Å². The minimum Gasteiger partial charge on any atom is -0.309 e. The van der Waals surface area contributed by atoms with Crippen LogP contribution in [0.4, 0.5) is 17.1 Å². The van der Waals surface area contributed by atoms with Crippen LogP contribution in [0.25, 0.3) is 0 Å². The van der Waals surface area contributed by atoms with E-state index in [4.69, 9.17) is 11.6 Å². The van der Waals surface area contributed by atoms with Crippen molar-refractivity contribution in [1.29, 1.82) is 0 Å². The SMILES string of the molecule is Clc1ccc(N(c2ccccc2)c2cccnc2)cc1. The van der Waals surface area contributed by atoms with Crippen LogP contribution in [-0.4, -0.2) is 4.98 Å². The zero-order valence-corrected chi connectivity index (χ0v) is 11.5. The molecule has 0 unspecified atom stereocenters. The van der Waals surface area contributed by atoms with Crippen molar-refractivity contribution < 1.29 is 0 Å². The molecule has 1 aromatic heterocycles. The van der Waals surface area contributed by atoms with Crippen LogP contribution in [0, 0.1) is 0 Å². The number of halogens is 1. The first-order valence-electron chi connectivity index (χ1n) is 6.35. The van der Waals surface area contributed by atoms with E-state index in [0.29, 0.717) is 0 Å². The number of pyridine rings is 1. The van der Waals surface area contributed by atoms with Gasteiger partial charge < -0.3 is 4.90 Å². The zero-order valence-electron chi connectivity index (χ0n) is 10.8. The van der Waals surface area contributed by atoms with Gasteiger partial charge in [-0.2, -0.15) is 0 Å². The van der Waals surface area contributed by atoms with Crippen molar-refractivity contribution in [3.63, 3.8) is 0 Å². The monoisotopic (exact) mass is 280 g/mol. The summed E-state index contributed by atoms with van der Waals surface area (Å²) in [5, 5.41) is 0.730. The lowest BCUT2D eigenvalue weighted by molar-refractivity contribution is 1.23. The highest BCUT2D eigenvalue weighted by atomic mass is 35.5. The lowest BCUT2D eigenvalue weighted by atomic mass is 10.2. The fourth-order valence-corrected chi connectivity index (χ4v) is 2.23. The Bertz CT molecular complexity index is 627. The summed E-state index contributed by atoms with van der Waals surface area (Å²) >= 11 is 5.98. The van der Waals surface area contributed by atoms with E-state index in [1.54, 1.807) is 6.20 Å². The first-order valence-corrected chi connectivity index (χ1v) is 6.73. The van der Waals surface area contributed by atoms with E-state index in [1.165, 1.54) is 0 Å². The van der Waals surface area contributed by atoms with Crippen LogP contribution in [0.15, 0.2) is 79.1 Å². The summed E-state index contributed by atoms with van der Waals surface area (Å²) in [4.78, 5) is 6.35. The third kappa shape index (κ3) is 2.65. The highest BCUT2D eigenvalue weighted by Crippen LogP contribution is 2.33. The summed E-state index contributed by atoms with van der Waals surface area (Å²) in [6.45, 7) is 0. The van der Waals surface area contributed by atoms with Gasteiger partial charge in [-0.05, 0) is 48.5 Å². The number of para-hydroxylation sites is 1. The Labute approximate surface area is 123 Å². The van der Waals surface area contributed by atoms with Crippen molar-refractivity contribution in [3.8, 4) is 0 Å². The molecule has 0 N–H and O–H groups in total. The summed E-state index contributed by atoms with van der Waals surface area (Å²) in [6.07, 6.45) is 3.62. The Morgan fingerprint density at radius 1 is 0.700 bits per heavy atom. The van der Waals surface area contributed by atoms with Crippen LogP contribution < -0.4 is 4.90 Å². The molecule has 20 heavy (non-hydrogen) atoms. The summed E-state index contributed by atoms with van der Waals surface area (Å²) in [6, 6.07) is 22.0. The van der Waals surface area contributed by atoms with Gasteiger partial charge in [-0.1, -0.05) is 29.8 Å². The van der Waals surface area contributed by atoms with Crippen LogP contribution in [0.5, 0.6) is 0 Å². The molecule has 2 aromatic carbocycles. The molecular weight excluding hydrogens is 268 g/mol. The fraction of sp³-hybridized carbons (Fsp3) is 0. The van der Waals surface area contributed by atoms with Gasteiger partial charge in [0.05, 0.1) is 11.9 Å². The van der Waals surface area contributed by atoms with E-state index >= 15 is 0 Å². The average molecular weight is 281 g/mol. The maximum Gasteiger partial charge on any atom is 0.0644 e. The fourth-order valence-electron chi connectivity index (χ4n) is 2.10. The van der Waals surface area contributed by atoms with E-state index in [1.807, 2.05) is 60.8 Å². The molecule has 1 heterocycles. The van der Waals surface area contributed by atoms with Gasteiger partial charge in [-0.3, -0.25) is 4.98 Å². The quantitative estimate of drug-likeness (QED) is 0.655. The highest BCUT2D eigenvalue weighted by molar-refractivity contribution is 6.30. The first kappa shape index (κ1) is 12.7. The Hall–Kier alpha value is -2.32. The van der Waals surface area contributed by atoms with Gasteiger partial charge in [0.25, 0.3) is 0 Å². The Morgan fingerprint density at radius 3 is 2.00 bits per heavy atom. The minimum absolute atomic E-state index is 0.730. The number of hydrogen-bond donors (Lipinski definition) is 0. The molecule has 3 aromatic rings. The number of anilines is 3. The standard InChI is InChI=1S/C17H13ClN2/c18-14-8-10-16(11-9-14)20(15-5-2-1-3-6-15)17-7-4-12-19-13-17/h1-13H. The second-order valence-corrected chi connectivity index (χ2v) is 4.80. The molecule has 98 valence electrons. The molecule has 0 fully saturated rings. The molecule has 2 nitrogen and oxygen atoms in total. The van der Waals surface area contributed by atoms with Gasteiger partial charge in [0.15, 0.2) is 0 Å². The van der Waals surface area contributed by atoms with E-state index in [2.05, 4.69) is 22.0 Å². The third-order valence-electron chi connectivity index (χ3n) is 3.00. The lowest BCUT2D eigenvalue weighted by Crippen LogP contribution is -2.09. The van der Waals surface area contributed by atoms with Crippen molar-refractivity contribution in [2.45, 2.75) is 0 Å². The molecule has 0 saturated carbocycles. The predicted molar refractivity (Wildman–Crippen MR) is 83.9 cm³/mol. The van der Waals surface area contributed by atoms with Crippen LogP contribution in [0.3, 0.4) is 0 Å². The molecule has 3 rings (SSSR count). The van der Waals surface area contributed by atoms with Crippen molar-refractivity contribution in [2.24, 2.45) is 0 Å². The Kier molecular flexibility index (Phi) is 3.66. The molecular formula is C17H13ClN2. The molecule has 0 aliphatic rings. The molecule has 0 bridgehead atoms. The topological polar surface area (TPSA) is 16.1 Å². The average Bonchev–Trinajstić information content (AvgIpc) is 2.52. The Balaban J connectivity index is 2.11. The zero-order chi connectivity index (χ0) is 13.8. The summed E-state index contributed by atoms with van der Waals surface area (Å²) in [7, 11) is 0. The van der Waals surface area contributed by atoms with E-state index in [0.717, 1.165) is 22.1 Å². The first-order chi connectivity index (χ1) is 9.84. The molecule has 0 atom stereocenters. The van der Waals surface area contributed by atoms with Crippen LogP contribution in [0.2, 0.25) is 5.02 Å². The maximum atomic E-state index is 5.98. The largest absolute Gasteiger partial charge is 0.309 e. The van der Waals surface area contributed by atoms with Crippen LogP contribution in [0.1, 0.15) is 0 Å². The van der Waals surface area contributed by atoms with Gasteiger partial charge in [0.2, 0.25) is 0 Å². The lowest BCUT2D eigenvalue weighted by Gasteiger charge is -2.24. The Morgan fingerprint density at radius 2 is 1.35 bits per heavy atom. The van der Waals surface area contributed by atoms with Crippen LogP contribution >= 0.6 is 11.6 Å². The molecule has 3 heteroatoms. The molecule has 0 aliphatic heterocycles. The number of rotatable bonds is 3. The molecule has 0 radical (unpaired) electrons. The van der Waals surface area contributed by atoms with E-state index < -0.39 is 0 Å². The summed E-state index contributed by atoms with van der Waals surface area (Å²) in [5.41, 5.74) is 3.15. The smallest absolute Gasteiger partial charge is 0.0644 e. The molecule has 0 spiro atoms. The van der Waals surface area contributed by atoms with E-state index in [-0.39, 0.29) is 0 Å². The number of hydrogen-bond acceptors (Lipinski definition) is 2. The van der Waals surface area contributed by atoms with Crippen molar-refractivity contribution in [3.05, 3.63) is 84.1 Å². The highest BCUT2D eigenvalue weighted by Gasteiger charge is 2.11. The van der Waals surface area contributed by atoms with Crippen molar-refractivity contribution in [1.82, 2.24) is 4.98 Å². The van der Waals surface area contributed by atoms with E-state index in [9.17, 15) is 0 Å². The summed E-state index contributed by atoms with van der Waals surface area (Å²) < 4.78 is 0. The summed E-state index contributed by atoms with van der Waals surface area (Å²) in [5.74, 6) is 0. The van der Waals surface area contributed by atoms with Crippen molar-refractivity contribution >= 4 is 28.7 Å². The number of benzene rings is 2. The second-order valence-electron chi connectivity index (χ2n) is 4.36. The van der Waals surface area contributed by atoms with Gasteiger partial charge in [0, 0.05) is 22.6 Å². The minimum atomic E-state index is 0.730. The van der Waals surface area contributed by atoms with Crippen LogP contribution in [-0.2, 0) is 0 Å². The second kappa shape index (κ2) is 5.76. The van der Waals surface area contributed by atoms with Gasteiger partial charge in [-0.15, -0.1) is 0 Å². The predicted octanol–water partition coefficient (Wildman–Crippen LogP) is 5.20. The number of nitrogens with zero attached hydrogens (tertiary/aromatic N) is 2. The van der Waals surface area contributed by atoms with Crippen molar-refractivity contribution in [2.75, 3.05) is 4.90 Å². The molecule has 0 aliphatic carbocycles. The number of aromatic nitrogens is 1. The normalized spacial score (nSPS) is 10.2. The van der Waals surface area contributed by atoms with Gasteiger partial charge in [-0.25, -0.2) is 0 Å².